The molecule has 2 aromatic carbocycles. The molecule has 6 rings (SSSR count). The molecule has 4 heterocycles. The number of carbonyl (C=O) groups is 2. The molecule has 15 heteroatoms. The quantitative estimate of drug-likeness (QED) is 0.296. The maximum absolute atomic E-state index is 13.5. The van der Waals surface area contributed by atoms with Crippen LogP contribution in [0.25, 0.3) is 11.1 Å². The van der Waals surface area contributed by atoms with Gasteiger partial charge in [0, 0.05) is 44.1 Å². The van der Waals surface area contributed by atoms with E-state index in [1.54, 1.807) is 50.0 Å². The second kappa shape index (κ2) is 12.9. The van der Waals surface area contributed by atoms with E-state index in [1.165, 1.54) is 10.4 Å². The molecule has 0 atom stereocenters. The molecular formula is C34H39F3N6O5S. The predicted molar refractivity (Wildman–Crippen MR) is 177 cm³/mol. The molecule has 0 bridgehead atoms. The molecule has 11 nitrogen and oxygen atoms in total. The van der Waals surface area contributed by atoms with Crippen LogP contribution >= 0.6 is 0 Å². The average molecular weight is 701 g/mol. The first-order valence-corrected chi connectivity index (χ1v) is 17.6. The maximum Gasteiger partial charge on any atom is 0.422 e. The summed E-state index contributed by atoms with van der Waals surface area (Å²) < 4.78 is 72.3. The SMILES string of the molecule is CC(C)(C)OC(=O)NN1CCC2(CC1)C(=O)Nc1ccc(-c3ccc(S(=O)(=O)N4CCC(Nc5ccc(C(F)(F)F)cn5)CC4)cc3)cc12. The second-order valence-electron chi connectivity index (χ2n) is 13.7. The Bertz CT molecular complexity index is 1810. The zero-order valence-electron chi connectivity index (χ0n) is 27.4. The minimum Gasteiger partial charge on any atom is -0.443 e. The molecule has 0 aliphatic carbocycles. The number of aromatic nitrogens is 1. The third-order valence-electron chi connectivity index (χ3n) is 9.21. The smallest absolute Gasteiger partial charge is 0.422 e. The number of pyridine rings is 1. The number of rotatable bonds is 6. The first-order chi connectivity index (χ1) is 23.0. The lowest BCUT2D eigenvalue weighted by atomic mass is 9.73. The predicted octanol–water partition coefficient (Wildman–Crippen LogP) is 5.76. The van der Waals surface area contributed by atoms with Crippen LogP contribution in [-0.4, -0.2) is 72.5 Å². The van der Waals surface area contributed by atoms with Gasteiger partial charge in [0.2, 0.25) is 15.9 Å². The van der Waals surface area contributed by atoms with Crippen LogP contribution in [0.2, 0.25) is 0 Å². The normalized spacial score (nSPS) is 18.9. The molecule has 3 aromatic rings. The highest BCUT2D eigenvalue weighted by Gasteiger charge is 2.49. The number of amides is 2. The van der Waals surface area contributed by atoms with Crippen molar-refractivity contribution in [3.05, 3.63) is 71.9 Å². The summed E-state index contributed by atoms with van der Waals surface area (Å²) in [5.41, 5.74) is 3.83. The van der Waals surface area contributed by atoms with Crippen LogP contribution in [0.4, 0.5) is 29.5 Å². The zero-order valence-corrected chi connectivity index (χ0v) is 28.2. The van der Waals surface area contributed by atoms with E-state index in [0.717, 1.165) is 34.6 Å². The highest BCUT2D eigenvalue weighted by Crippen LogP contribution is 2.46. The van der Waals surface area contributed by atoms with Gasteiger partial charge in [0.15, 0.2) is 0 Å². The molecule has 2 amide bonds. The molecule has 0 unspecified atom stereocenters. The molecule has 3 N–H and O–H groups in total. The van der Waals surface area contributed by atoms with Gasteiger partial charge in [-0.05, 0) is 99.5 Å². The molecule has 0 radical (unpaired) electrons. The number of ether oxygens (including phenoxy) is 1. The molecule has 49 heavy (non-hydrogen) atoms. The Morgan fingerprint density at radius 1 is 0.959 bits per heavy atom. The van der Waals surface area contributed by atoms with E-state index in [9.17, 15) is 31.2 Å². The van der Waals surface area contributed by atoms with Crippen molar-refractivity contribution in [3.8, 4) is 11.1 Å². The van der Waals surface area contributed by atoms with Crippen LogP contribution in [0.1, 0.15) is 57.6 Å². The van der Waals surface area contributed by atoms with Gasteiger partial charge in [-0.3, -0.25) is 10.2 Å². The lowest BCUT2D eigenvalue weighted by Gasteiger charge is -2.38. The molecule has 2 saturated heterocycles. The van der Waals surface area contributed by atoms with Crippen molar-refractivity contribution in [2.75, 3.05) is 36.8 Å². The Kier molecular flexibility index (Phi) is 9.13. The fourth-order valence-corrected chi connectivity index (χ4v) is 8.05. The number of nitrogens with one attached hydrogen (secondary N) is 3. The Morgan fingerprint density at radius 3 is 2.20 bits per heavy atom. The van der Waals surface area contributed by atoms with Crippen molar-refractivity contribution in [3.63, 3.8) is 0 Å². The van der Waals surface area contributed by atoms with E-state index in [1.807, 2.05) is 18.2 Å². The highest BCUT2D eigenvalue weighted by molar-refractivity contribution is 7.89. The molecule has 0 saturated carbocycles. The maximum atomic E-state index is 13.5. The highest BCUT2D eigenvalue weighted by atomic mass is 32.2. The van der Waals surface area contributed by atoms with Gasteiger partial charge in [0.1, 0.15) is 11.4 Å². The number of carbonyl (C=O) groups excluding carboxylic acids is 2. The van der Waals surface area contributed by atoms with Gasteiger partial charge in [-0.1, -0.05) is 18.2 Å². The number of fused-ring (bicyclic) bond motifs is 2. The minimum atomic E-state index is -4.46. The Morgan fingerprint density at radius 2 is 1.61 bits per heavy atom. The van der Waals surface area contributed by atoms with E-state index in [2.05, 4.69) is 21.0 Å². The minimum absolute atomic E-state index is 0.0763. The first-order valence-electron chi connectivity index (χ1n) is 16.1. The van der Waals surface area contributed by atoms with Gasteiger partial charge < -0.3 is 15.4 Å². The number of hydrogen-bond acceptors (Lipinski definition) is 8. The van der Waals surface area contributed by atoms with Crippen molar-refractivity contribution in [1.82, 2.24) is 19.7 Å². The third-order valence-corrected chi connectivity index (χ3v) is 11.1. The summed E-state index contributed by atoms with van der Waals surface area (Å²) in [4.78, 5) is 29.6. The molecule has 3 aliphatic rings. The topological polar surface area (TPSA) is 133 Å². The van der Waals surface area contributed by atoms with E-state index in [4.69, 9.17) is 4.74 Å². The summed E-state index contributed by atoms with van der Waals surface area (Å²) in [6.07, 6.45) is -2.29. The second-order valence-corrected chi connectivity index (χ2v) is 15.6. The molecule has 262 valence electrons. The number of halogens is 3. The van der Waals surface area contributed by atoms with Crippen LogP contribution in [0.15, 0.2) is 65.7 Å². The van der Waals surface area contributed by atoms with Crippen molar-refractivity contribution < 1.29 is 35.9 Å². The summed E-state index contributed by atoms with van der Waals surface area (Å²) >= 11 is 0. The molecule has 2 fully saturated rings. The zero-order chi connectivity index (χ0) is 35.2. The van der Waals surface area contributed by atoms with Gasteiger partial charge in [-0.2, -0.15) is 17.5 Å². The Hall–Kier alpha value is -4.21. The van der Waals surface area contributed by atoms with E-state index >= 15 is 0 Å². The van der Waals surface area contributed by atoms with Gasteiger partial charge in [0.05, 0.1) is 15.9 Å². The summed E-state index contributed by atoms with van der Waals surface area (Å²) in [5.74, 6) is 0.232. The molecular weight excluding hydrogens is 661 g/mol. The van der Waals surface area contributed by atoms with Crippen LogP contribution in [0.3, 0.4) is 0 Å². The number of piperidine rings is 2. The van der Waals surface area contributed by atoms with Crippen LogP contribution < -0.4 is 16.1 Å². The van der Waals surface area contributed by atoms with Gasteiger partial charge in [-0.15, -0.1) is 0 Å². The summed E-state index contributed by atoms with van der Waals surface area (Å²) in [5, 5.41) is 7.88. The average Bonchev–Trinajstić information content (AvgIpc) is 3.31. The molecule has 1 aromatic heterocycles. The number of alkyl halides is 3. The van der Waals surface area contributed by atoms with Crippen LogP contribution in [-0.2, 0) is 31.1 Å². The lowest BCUT2D eigenvalue weighted by Crippen LogP contribution is -2.53. The van der Waals surface area contributed by atoms with E-state index in [0.29, 0.717) is 44.6 Å². The fraction of sp³-hybridized carbons (Fsp3) is 0.441. The summed E-state index contributed by atoms with van der Waals surface area (Å²) in [6, 6.07) is 14.5. The van der Waals surface area contributed by atoms with Crippen molar-refractivity contribution in [2.45, 2.75) is 74.6 Å². The Balaban J connectivity index is 1.09. The van der Waals surface area contributed by atoms with E-state index < -0.39 is 38.9 Å². The summed E-state index contributed by atoms with van der Waals surface area (Å²) in [6.45, 7) is 6.80. The largest absolute Gasteiger partial charge is 0.443 e. The number of benzene rings is 2. The first kappa shape index (κ1) is 34.6. The summed E-state index contributed by atoms with van der Waals surface area (Å²) in [7, 11) is -3.78. The van der Waals surface area contributed by atoms with Crippen molar-refractivity contribution in [1.29, 1.82) is 0 Å². The molecule has 3 aliphatic heterocycles. The monoisotopic (exact) mass is 700 g/mol. The number of hydrogen-bond donors (Lipinski definition) is 3. The number of anilines is 2. The standard InChI is InChI=1S/C34H39F3N6O5S/c1-32(2,3)48-31(45)41-42-18-14-33(15-19-42)27-20-23(6-10-28(27)40-30(33)44)22-4-8-26(9-5-22)49(46,47)43-16-12-25(13-17-43)39-29-11-7-24(21-38-29)34(35,36)37/h4-11,20-21,25H,12-19H2,1-3H3,(H,38,39)(H,40,44)(H,41,45). The molecule has 1 spiro atoms. The Labute approximate surface area is 283 Å². The van der Waals surface area contributed by atoms with E-state index in [-0.39, 0.29) is 29.9 Å². The van der Waals surface area contributed by atoms with Gasteiger partial charge in [-0.25, -0.2) is 23.2 Å². The van der Waals surface area contributed by atoms with Gasteiger partial charge in [0.25, 0.3) is 0 Å². The number of nitrogens with zero attached hydrogens (tertiary/aromatic N) is 3. The van der Waals surface area contributed by atoms with Crippen molar-refractivity contribution in [2.24, 2.45) is 0 Å². The van der Waals surface area contributed by atoms with Crippen LogP contribution in [0.5, 0.6) is 0 Å². The van der Waals surface area contributed by atoms with Crippen LogP contribution in [0, 0.1) is 0 Å². The number of sulfonamides is 1. The lowest BCUT2D eigenvalue weighted by molar-refractivity contribution is -0.137. The van der Waals surface area contributed by atoms with Gasteiger partial charge >= 0.3 is 12.3 Å². The fourth-order valence-electron chi connectivity index (χ4n) is 6.58. The van der Waals surface area contributed by atoms with Crippen molar-refractivity contribution >= 4 is 33.5 Å². The third kappa shape index (κ3) is 7.38. The number of hydrazine groups is 1.